The summed E-state index contributed by atoms with van der Waals surface area (Å²) < 4.78 is 48.3. The fourth-order valence-electron chi connectivity index (χ4n) is 3.45. The van der Waals surface area contributed by atoms with Gasteiger partial charge >= 0.3 is 13.5 Å². The molecule has 206 valence electrons. The average molecular weight is 563 g/mol. The minimum Gasteiger partial charge on any atom is -0.756 e. The maximum absolute atomic E-state index is 12.1. The van der Waals surface area contributed by atoms with Crippen LogP contribution in [0.5, 0.6) is 0 Å². The van der Waals surface area contributed by atoms with Gasteiger partial charge in [-0.2, -0.15) is 0 Å². The van der Waals surface area contributed by atoms with Gasteiger partial charge in [-0.25, -0.2) is 13.7 Å². The summed E-state index contributed by atoms with van der Waals surface area (Å²) in [5, 5.41) is 48.4. The van der Waals surface area contributed by atoms with Gasteiger partial charge in [0.05, 0.1) is 19.3 Å². The second kappa shape index (κ2) is 11.2. The Kier molecular flexibility index (Phi) is 9.08. The molecule has 0 spiro atoms. The van der Waals surface area contributed by atoms with Crippen molar-refractivity contribution in [2.24, 2.45) is 0 Å². The van der Waals surface area contributed by atoms with Crippen molar-refractivity contribution >= 4 is 15.6 Å². The maximum atomic E-state index is 12.1. The highest BCUT2D eigenvalue weighted by atomic mass is 31.3. The van der Waals surface area contributed by atoms with E-state index in [1.165, 1.54) is 13.1 Å². The SMILES string of the molecule is Cc1cn([C@H]2C[C@@H](O)[C@@H](COP(=O)(O)OP(=O)([O-])O[C@H]3OC(CO)[C@@H](O)[C@H](O)C3O)O2)c(=O)[nH]c1=O. The lowest BCUT2D eigenvalue weighted by Crippen LogP contribution is -2.59. The smallest absolute Gasteiger partial charge is 0.478 e. The number of aromatic nitrogens is 2. The van der Waals surface area contributed by atoms with Crippen molar-refractivity contribution in [3.8, 4) is 0 Å². The summed E-state index contributed by atoms with van der Waals surface area (Å²) in [7, 11) is -11.2. The van der Waals surface area contributed by atoms with Crippen LogP contribution >= 0.6 is 15.6 Å². The van der Waals surface area contributed by atoms with Crippen LogP contribution in [0.4, 0.5) is 0 Å². The van der Waals surface area contributed by atoms with Crippen molar-refractivity contribution in [3.63, 3.8) is 0 Å². The van der Waals surface area contributed by atoms with Crippen LogP contribution in [0.15, 0.2) is 15.8 Å². The quantitative estimate of drug-likeness (QED) is 0.141. The number of aliphatic hydroxyl groups excluding tert-OH is 5. The second-order valence-corrected chi connectivity index (χ2v) is 11.0. The van der Waals surface area contributed by atoms with Crippen LogP contribution in [0.25, 0.3) is 0 Å². The molecule has 3 heterocycles. The summed E-state index contributed by atoms with van der Waals surface area (Å²) in [5.74, 6) is 0. The average Bonchev–Trinajstić information content (AvgIpc) is 3.14. The largest absolute Gasteiger partial charge is 0.756 e. The van der Waals surface area contributed by atoms with Gasteiger partial charge < -0.3 is 44.8 Å². The predicted octanol–water partition coefficient (Wildman–Crippen LogP) is -4.09. The first-order chi connectivity index (χ1) is 16.6. The molecule has 2 fully saturated rings. The Morgan fingerprint density at radius 1 is 1.14 bits per heavy atom. The summed E-state index contributed by atoms with van der Waals surface area (Å²) in [4.78, 5) is 47.4. The van der Waals surface area contributed by atoms with E-state index in [4.69, 9.17) is 14.6 Å². The fraction of sp³-hybridized carbons (Fsp3) is 0.750. The first-order valence-electron chi connectivity index (χ1n) is 10.3. The van der Waals surface area contributed by atoms with Crippen molar-refractivity contribution in [1.82, 2.24) is 9.55 Å². The number of aromatic amines is 1. The number of rotatable bonds is 9. The lowest BCUT2D eigenvalue weighted by Gasteiger charge is -2.41. The number of ether oxygens (including phenoxy) is 2. The third-order valence-corrected chi connectivity index (χ3v) is 7.91. The van der Waals surface area contributed by atoms with Gasteiger partial charge in [0, 0.05) is 18.2 Å². The highest BCUT2D eigenvalue weighted by molar-refractivity contribution is 7.60. The molecule has 2 aliphatic rings. The summed E-state index contributed by atoms with van der Waals surface area (Å²) in [6.45, 7) is -0.359. The third kappa shape index (κ3) is 6.75. The molecule has 2 aliphatic heterocycles. The molecule has 3 rings (SSSR count). The van der Waals surface area contributed by atoms with E-state index >= 15 is 0 Å². The highest BCUT2D eigenvalue weighted by Gasteiger charge is 2.46. The topological polar surface area (TPSA) is 280 Å². The Labute approximate surface area is 201 Å². The van der Waals surface area contributed by atoms with E-state index in [0.29, 0.717) is 0 Å². The van der Waals surface area contributed by atoms with Crippen LogP contribution < -0.4 is 16.1 Å². The van der Waals surface area contributed by atoms with Crippen LogP contribution in [-0.4, -0.2) is 96.1 Å². The number of aryl methyl sites for hydroxylation is 1. The number of phosphoric acid groups is 2. The number of H-pyrrole nitrogens is 1. The molecule has 0 amide bonds. The van der Waals surface area contributed by atoms with Gasteiger partial charge in [-0.1, -0.05) is 0 Å². The maximum Gasteiger partial charge on any atom is 0.478 e. The van der Waals surface area contributed by atoms with E-state index < -0.39 is 89.2 Å². The van der Waals surface area contributed by atoms with Crippen LogP contribution in [0.2, 0.25) is 0 Å². The zero-order valence-corrected chi connectivity index (χ0v) is 20.2. The molecule has 0 bridgehead atoms. The van der Waals surface area contributed by atoms with Gasteiger partial charge in [0.25, 0.3) is 13.4 Å². The first kappa shape index (κ1) is 29.2. The Morgan fingerprint density at radius 3 is 2.44 bits per heavy atom. The molecule has 0 saturated carbocycles. The van der Waals surface area contributed by atoms with E-state index in [-0.39, 0.29) is 12.0 Å². The molecule has 36 heavy (non-hydrogen) atoms. The Bertz CT molecular complexity index is 1140. The van der Waals surface area contributed by atoms with Gasteiger partial charge in [-0.15, -0.1) is 0 Å². The normalized spacial score (nSPS) is 36.3. The molecule has 18 nitrogen and oxygen atoms in total. The van der Waals surface area contributed by atoms with E-state index in [1.807, 2.05) is 4.98 Å². The van der Waals surface area contributed by atoms with Crippen LogP contribution in [0, 0.1) is 6.92 Å². The molecule has 10 atom stereocenters. The van der Waals surface area contributed by atoms with Gasteiger partial charge in [0.1, 0.15) is 36.7 Å². The predicted molar refractivity (Wildman–Crippen MR) is 110 cm³/mol. The summed E-state index contributed by atoms with van der Waals surface area (Å²) in [6.07, 6.45) is -12.5. The molecule has 0 radical (unpaired) electrons. The molecular formula is C16H25N2O16P2-. The molecular weight excluding hydrogens is 538 g/mol. The van der Waals surface area contributed by atoms with Gasteiger partial charge in [-0.05, 0) is 6.92 Å². The molecule has 1 aromatic rings. The van der Waals surface area contributed by atoms with Crippen LogP contribution in [0.3, 0.4) is 0 Å². The van der Waals surface area contributed by atoms with Crippen molar-refractivity contribution in [2.75, 3.05) is 13.2 Å². The first-order valence-corrected chi connectivity index (χ1v) is 13.2. The zero-order valence-electron chi connectivity index (χ0n) is 18.4. The van der Waals surface area contributed by atoms with Crippen LogP contribution in [-0.2, 0) is 32.0 Å². The standard InChI is InChI=1S/C16H26N2O16P2/c1-6-3-18(16(25)17-14(6)24)10-2-7(20)9(31-10)5-30-35(26,27)34-36(28,29)33-15-13(23)12(22)11(21)8(4-19)32-15/h3,7-13,15,19-23H,2,4-5H2,1H3,(H,26,27)(H,28,29)(H,17,24,25)/p-1/t7-,8?,9-,10-,11-,12+,13?,15-/m1/s1. The molecule has 2 saturated heterocycles. The molecule has 0 aliphatic carbocycles. The molecule has 7 N–H and O–H groups in total. The minimum atomic E-state index is -5.79. The summed E-state index contributed by atoms with van der Waals surface area (Å²) in [6, 6.07) is 0. The minimum absolute atomic E-state index is 0.172. The summed E-state index contributed by atoms with van der Waals surface area (Å²) >= 11 is 0. The van der Waals surface area contributed by atoms with E-state index in [1.54, 1.807) is 0 Å². The lowest BCUT2D eigenvalue weighted by molar-refractivity contribution is -0.302. The van der Waals surface area contributed by atoms with Crippen molar-refractivity contribution in [1.29, 1.82) is 0 Å². The Balaban J connectivity index is 1.59. The molecule has 0 aromatic carbocycles. The van der Waals surface area contributed by atoms with Crippen molar-refractivity contribution < 1.29 is 67.3 Å². The molecule has 1 aromatic heterocycles. The zero-order chi connectivity index (χ0) is 27.0. The van der Waals surface area contributed by atoms with E-state index in [0.717, 1.165) is 4.57 Å². The third-order valence-electron chi connectivity index (χ3n) is 5.35. The van der Waals surface area contributed by atoms with Crippen LogP contribution in [0.1, 0.15) is 18.2 Å². The number of hydrogen-bond acceptors (Lipinski definition) is 15. The van der Waals surface area contributed by atoms with E-state index in [2.05, 4.69) is 13.4 Å². The van der Waals surface area contributed by atoms with E-state index in [9.17, 15) is 48.9 Å². The number of hydrogen-bond donors (Lipinski definition) is 7. The van der Waals surface area contributed by atoms with Gasteiger partial charge in [-0.3, -0.25) is 28.0 Å². The Morgan fingerprint density at radius 2 is 1.81 bits per heavy atom. The van der Waals surface area contributed by atoms with Gasteiger partial charge in [0.15, 0.2) is 6.29 Å². The highest BCUT2D eigenvalue weighted by Crippen LogP contribution is 2.59. The fourth-order valence-corrected chi connectivity index (χ4v) is 5.57. The van der Waals surface area contributed by atoms with Gasteiger partial charge in [0.2, 0.25) is 0 Å². The second-order valence-electron chi connectivity index (χ2n) is 8.01. The monoisotopic (exact) mass is 563 g/mol. The van der Waals surface area contributed by atoms with Crippen molar-refractivity contribution in [3.05, 3.63) is 32.6 Å². The number of aliphatic hydroxyl groups is 5. The number of phosphoric ester groups is 2. The van der Waals surface area contributed by atoms with Crippen molar-refractivity contribution in [2.45, 2.75) is 62.5 Å². The lowest BCUT2D eigenvalue weighted by atomic mass is 10.00. The molecule has 4 unspecified atom stereocenters. The Hall–Kier alpha value is -1.34. The number of nitrogens with one attached hydrogen (secondary N) is 1. The molecule has 20 heteroatoms. The summed E-state index contributed by atoms with van der Waals surface area (Å²) in [5.41, 5.74) is -1.29. The number of nitrogens with zero attached hydrogens (tertiary/aromatic N) is 1.